The van der Waals surface area contributed by atoms with Crippen molar-refractivity contribution in [3.8, 4) is 0 Å². The van der Waals surface area contributed by atoms with Gasteiger partial charge in [0.15, 0.2) is 0 Å². The van der Waals surface area contributed by atoms with Crippen molar-refractivity contribution in [1.29, 1.82) is 0 Å². The first-order chi connectivity index (χ1) is 11.7. The van der Waals surface area contributed by atoms with Crippen molar-refractivity contribution in [3.63, 3.8) is 0 Å². The number of aromatic nitrogens is 1. The van der Waals surface area contributed by atoms with Crippen LogP contribution in [0.15, 0.2) is 24.4 Å². The number of nitrogens with zero attached hydrogens (tertiary/aromatic N) is 1. The predicted octanol–water partition coefficient (Wildman–Crippen LogP) is 3.08. The lowest BCUT2D eigenvalue weighted by atomic mass is 9.72. The van der Waals surface area contributed by atoms with Gasteiger partial charge in [0.25, 0.3) is 0 Å². The summed E-state index contributed by atoms with van der Waals surface area (Å²) in [6.45, 7) is 1.60. The summed E-state index contributed by atoms with van der Waals surface area (Å²) in [5, 5.41) is 1.43. The Morgan fingerprint density at radius 1 is 1.38 bits per heavy atom. The summed E-state index contributed by atoms with van der Waals surface area (Å²) in [5.74, 6) is 1.21. The summed E-state index contributed by atoms with van der Waals surface area (Å²) < 4.78 is 5.59. The van der Waals surface area contributed by atoms with E-state index in [1.165, 1.54) is 22.0 Å². The molecule has 126 valence electrons. The van der Waals surface area contributed by atoms with Gasteiger partial charge >= 0.3 is 5.97 Å². The summed E-state index contributed by atoms with van der Waals surface area (Å²) >= 11 is 0. The highest BCUT2D eigenvalue weighted by Crippen LogP contribution is 2.44. The van der Waals surface area contributed by atoms with E-state index in [0.29, 0.717) is 24.5 Å². The molecule has 3 atom stereocenters. The number of nitrogens with one attached hydrogen (secondary N) is 1. The predicted molar refractivity (Wildman–Crippen MR) is 93.0 cm³/mol. The summed E-state index contributed by atoms with van der Waals surface area (Å²) in [6.07, 6.45) is 6.46. The molecule has 3 aliphatic rings. The Balaban J connectivity index is 1.40. The van der Waals surface area contributed by atoms with Gasteiger partial charge in [-0.3, -0.25) is 4.79 Å². The number of likely N-dealkylation sites (tertiary alicyclic amines) is 1. The highest BCUT2D eigenvalue weighted by atomic mass is 16.5. The molecule has 2 heterocycles. The third kappa shape index (κ3) is 2.27. The number of H-pyrrole nitrogens is 1. The zero-order valence-corrected chi connectivity index (χ0v) is 14.1. The van der Waals surface area contributed by atoms with Gasteiger partial charge in [0.1, 0.15) is 0 Å². The topological polar surface area (TPSA) is 45.3 Å². The molecule has 0 unspecified atom stereocenters. The highest BCUT2D eigenvalue weighted by molar-refractivity contribution is 5.88. The average molecular weight is 324 g/mol. The van der Waals surface area contributed by atoms with Crippen molar-refractivity contribution in [3.05, 3.63) is 35.5 Å². The molecule has 1 N–H and O–H groups in total. The molecular formula is C20H24N2O2. The van der Waals surface area contributed by atoms with Gasteiger partial charge < -0.3 is 14.6 Å². The molecule has 0 bridgehead atoms. The van der Waals surface area contributed by atoms with Gasteiger partial charge in [-0.2, -0.15) is 0 Å². The minimum atomic E-state index is 0.0263. The van der Waals surface area contributed by atoms with E-state index in [0.717, 1.165) is 32.2 Å². The second-order valence-electron chi connectivity index (χ2n) is 7.91. The van der Waals surface area contributed by atoms with Crippen LogP contribution in [0.3, 0.4) is 0 Å². The van der Waals surface area contributed by atoms with E-state index < -0.39 is 0 Å². The van der Waals surface area contributed by atoms with Gasteiger partial charge in [0.05, 0.1) is 12.5 Å². The van der Waals surface area contributed by atoms with E-state index >= 15 is 0 Å². The van der Waals surface area contributed by atoms with Crippen LogP contribution in [-0.2, 0) is 16.0 Å². The Bertz CT molecular complexity index is 792. The molecule has 1 aromatic heterocycles. The molecule has 24 heavy (non-hydrogen) atoms. The third-order valence-electron chi connectivity index (χ3n) is 6.18. The molecule has 5 rings (SSSR count). The molecule has 1 saturated heterocycles. The van der Waals surface area contributed by atoms with E-state index in [9.17, 15) is 4.79 Å². The third-order valence-corrected chi connectivity index (χ3v) is 6.18. The van der Waals surface area contributed by atoms with Crippen LogP contribution < -0.4 is 0 Å². The lowest BCUT2D eigenvalue weighted by molar-refractivity contribution is -0.147. The number of aromatic amines is 1. The molecule has 2 fully saturated rings. The maximum absolute atomic E-state index is 11.9. The number of hydrogen-bond donors (Lipinski definition) is 1. The second-order valence-corrected chi connectivity index (χ2v) is 7.91. The number of ether oxygens (including phenoxy) is 1. The molecule has 4 nitrogen and oxygen atoms in total. The van der Waals surface area contributed by atoms with Crippen LogP contribution >= 0.6 is 0 Å². The normalized spacial score (nSPS) is 29.5. The SMILES string of the molecule is CN1C[C@H](COC(=O)C2CC2)C[C@@H]2c3cccc4[nH]cc(c34)C[C@H]21. The van der Waals surface area contributed by atoms with Crippen molar-refractivity contribution in [2.75, 3.05) is 20.2 Å². The molecule has 0 radical (unpaired) electrons. The lowest BCUT2D eigenvalue weighted by Gasteiger charge is -2.45. The number of esters is 1. The van der Waals surface area contributed by atoms with Crippen molar-refractivity contribution in [2.45, 2.75) is 37.6 Å². The smallest absolute Gasteiger partial charge is 0.308 e. The largest absolute Gasteiger partial charge is 0.465 e. The van der Waals surface area contributed by atoms with E-state index in [2.05, 4.69) is 41.3 Å². The van der Waals surface area contributed by atoms with Gasteiger partial charge in [-0.1, -0.05) is 12.1 Å². The minimum absolute atomic E-state index is 0.0263. The fourth-order valence-electron chi connectivity index (χ4n) is 4.81. The number of fused-ring (bicyclic) bond motifs is 2. The second kappa shape index (κ2) is 5.35. The van der Waals surface area contributed by atoms with Crippen molar-refractivity contribution in [1.82, 2.24) is 9.88 Å². The summed E-state index contributed by atoms with van der Waals surface area (Å²) in [7, 11) is 2.23. The fourth-order valence-corrected chi connectivity index (χ4v) is 4.81. The maximum atomic E-state index is 11.9. The molecular weight excluding hydrogens is 300 g/mol. The molecule has 4 heteroatoms. The lowest BCUT2D eigenvalue weighted by Crippen LogP contribution is -2.48. The van der Waals surface area contributed by atoms with E-state index in [4.69, 9.17) is 4.74 Å². The van der Waals surface area contributed by atoms with E-state index in [1.54, 1.807) is 0 Å². The number of carbonyl (C=O) groups excluding carboxylic acids is 1. The van der Waals surface area contributed by atoms with Gasteiger partial charge in [-0.05, 0) is 49.9 Å². The first-order valence-electron chi connectivity index (χ1n) is 9.16. The quantitative estimate of drug-likeness (QED) is 0.883. The number of piperidine rings is 1. The first-order valence-corrected chi connectivity index (χ1v) is 9.16. The molecule has 1 saturated carbocycles. The van der Waals surface area contributed by atoms with Crippen LogP contribution in [0.1, 0.15) is 36.3 Å². The Morgan fingerprint density at radius 2 is 2.25 bits per heavy atom. The number of benzene rings is 1. The Labute approximate surface area is 142 Å². The zero-order valence-electron chi connectivity index (χ0n) is 14.1. The Morgan fingerprint density at radius 3 is 3.08 bits per heavy atom. The van der Waals surface area contributed by atoms with Crippen LogP contribution in [0.25, 0.3) is 10.9 Å². The molecule has 0 amide bonds. The number of hydrogen-bond acceptors (Lipinski definition) is 3. The minimum Gasteiger partial charge on any atom is -0.465 e. The molecule has 2 aliphatic carbocycles. The van der Waals surface area contributed by atoms with Crippen LogP contribution in [0, 0.1) is 11.8 Å². The maximum Gasteiger partial charge on any atom is 0.308 e. The number of carbonyl (C=O) groups is 1. The van der Waals surface area contributed by atoms with Gasteiger partial charge in [0, 0.05) is 41.5 Å². The van der Waals surface area contributed by atoms with Gasteiger partial charge in [0.2, 0.25) is 0 Å². The highest BCUT2D eigenvalue weighted by Gasteiger charge is 2.40. The Hall–Kier alpha value is -1.81. The van der Waals surface area contributed by atoms with Crippen LogP contribution in [-0.4, -0.2) is 42.1 Å². The molecule has 1 aromatic carbocycles. The summed E-state index contributed by atoms with van der Waals surface area (Å²) in [4.78, 5) is 17.8. The van der Waals surface area contributed by atoms with E-state index in [1.807, 2.05) is 0 Å². The summed E-state index contributed by atoms with van der Waals surface area (Å²) in [5.41, 5.74) is 4.18. The Kier molecular flexibility index (Phi) is 3.24. The standard InChI is InChI=1S/C20H24N2O2/c1-22-10-12(11-24-20(23)13-5-6-13)7-16-15-3-2-4-17-19(15)14(9-21-17)8-18(16)22/h2-4,9,12-13,16,18,21H,5-8,10-11H2,1H3/t12-,16-,18-/m1/s1. The zero-order chi connectivity index (χ0) is 16.3. The summed E-state index contributed by atoms with van der Waals surface area (Å²) in [6, 6.07) is 7.19. The first kappa shape index (κ1) is 14.5. The van der Waals surface area contributed by atoms with Crippen LogP contribution in [0.2, 0.25) is 0 Å². The fraction of sp³-hybridized carbons (Fsp3) is 0.550. The van der Waals surface area contributed by atoms with Crippen LogP contribution in [0.4, 0.5) is 0 Å². The number of likely N-dealkylation sites (N-methyl/N-ethyl adjacent to an activating group) is 1. The molecule has 1 aliphatic heterocycles. The van der Waals surface area contributed by atoms with Gasteiger partial charge in [-0.25, -0.2) is 0 Å². The van der Waals surface area contributed by atoms with Gasteiger partial charge in [-0.15, -0.1) is 0 Å². The van der Waals surface area contributed by atoms with Crippen molar-refractivity contribution >= 4 is 16.9 Å². The monoisotopic (exact) mass is 324 g/mol. The molecule has 0 spiro atoms. The molecule has 2 aromatic rings. The van der Waals surface area contributed by atoms with Crippen molar-refractivity contribution < 1.29 is 9.53 Å². The number of rotatable bonds is 3. The van der Waals surface area contributed by atoms with E-state index in [-0.39, 0.29) is 11.9 Å². The van der Waals surface area contributed by atoms with Crippen molar-refractivity contribution in [2.24, 2.45) is 11.8 Å². The van der Waals surface area contributed by atoms with Crippen LogP contribution in [0.5, 0.6) is 0 Å². The average Bonchev–Trinajstić information content (AvgIpc) is 3.36.